The van der Waals surface area contributed by atoms with Gasteiger partial charge in [-0.05, 0) is 36.4 Å². The van der Waals surface area contributed by atoms with E-state index in [9.17, 15) is 0 Å². The molecule has 0 bridgehead atoms. The number of aromatic nitrogens is 2. The lowest BCUT2D eigenvalue weighted by Crippen LogP contribution is -2.29. The van der Waals surface area contributed by atoms with Crippen LogP contribution in [0.25, 0.3) is 0 Å². The molecule has 0 saturated carbocycles. The molecule has 1 aromatic carbocycles. The van der Waals surface area contributed by atoms with Gasteiger partial charge in [-0.25, -0.2) is 0 Å². The van der Waals surface area contributed by atoms with Gasteiger partial charge in [-0.15, -0.1) is 0 Å². The molecule has 1 atom stereocenters. The third-order valence-electron chi connectivity index (χ3n) is 3.98. The summed E-state index contributed by atoms with van der Waals surface area (Å²) < 4.78 is 0. The molecule has 2 heterocycles. The molecule has 25 heavy (non-hydrogen) atoms. The Morgan fingerprint density at radius 2 is 1.60 bits per heavy atom. The summed E-state index contributed by atoms with van der Waals surface area (Å²) in [4.78, 5) is 8.93. The van der Waals surface area contributed by atoms with Crippen molar-refractivity contribution in [3.8, 4) is 0 Å². The van der Waals surface area contributed by atoms with Gasteiger partial charge in [0.2, 0.25) is 0 Å². The fourth-order valence-electron chi connectivity index (χ4n) is 2.69. The Hall–Kier alpha value is -2.92. The highest BCUT2D eigenvalue weighted by Gasteiger charge is 2.13. The van der Waals surface area contributed by atoms with Gasteiger partial charge in [0.25, 0.3) is 0 Å². The van der Waals surface area contributed by atoms with Crippen molar-refractivity contribution in [1.29, 1.82) is 0 Å². The van der Waals surface area contributed by atoms with E-state index in [2.05, 4.69) is 20.6 Å². The lowest BCUT2D eigenvalue weighted by atomic mass is 10.1. The van der Waals surface area contributed by atoms with Crippen LogP contribution in [-0.2, 0) is 6.42 Å². The zero-order valence-electron chi connectivity index (χ0n) is 14.1. The Labute approximate surface area is 148 Å². The van der Waals surface area contributed by atoms with E-state index in [4.69, 9.17) is 5.73 Å². The van der Waals surface area contributed by atoms with Crippen LogP contribution in [0.3, 0.4) is 0 Å². The summed E-state index contributed by atoms with van der Waals surface area (Å²) in [5.74, 6) is 0. The molecule has 0 spiro atoms. The molecule has 0 aliphatic heterocycles. The Bertz CT molecular complexity index is 761. The maximum absolute atomic E-state index is 5.95. The molecule has 0 amide bonds. The summed E-state index contributed by atoms with van der Waals surface area (Å²) in [6.45, 7) is 1.57. The van der Waals surface area contributed by atoms with Crippen molar-refractivity contribution in [3.05, 3.63) is 84.4 Å². The van der Waals surface area contributed by atoms with E-state index in [0.717, 1.165) is 42.3 Å². The van der Waals surface area contributed by atoms with E-state index in [-0.39, 0.29) is 6.04 Å². The Balaban J connectivity index is 1.59. The second-order valence-electron chi connectivity index (χ2n) is 5.80. The first-order chi connectivity index (χ1) is 12.3. The lowest BCUT2D eigenvalue weighted by Gasteiger charge is -2.18. The number of nitrogens with one attached hydrogen (secondary N) is 2. The molecule has 0 saturated heterocycles. The number of rotatable bonds is 8. The fraction of sp³-hybridized carbons (Fsp3) is 0.200. The molecule has 0 aliphatic carbocycles. The lowest BCUT2D eigenvalue weighted by molar-refractivity contribution is 0.525. The van der Waals surface area contributed by atoms with Crippen molar-refractivity contribution in [2.45, 2.75) is 12.5 Å². The largest absolute Gasteiger partial charge is 0.397 e. The van der Waals surface area contributed by atoms with Gasteiger partial charge in [-0.2, -0.15) is 0 Å². The van der Waals surface area contributed by atoms with Crippen LogP contribution in [0.1, 0.15) is 17.4 Å². The van der Waals surface area contributed by atoms with Crippen molar-refractivity contribution >= 4 is 11.4 Å². The average Bonchev–Trinajstić information content (AvgIpc) is 2.67. The number of nitrogens with zero attached hydrogens (tertiary/aromatic N) is 2. The molecule has 0 fully saturated rings. The first kappa shape index (κ1) is 16.9. The van der Waals surface area contributed by atoms with E-state index in [1.54, 1.807) is 0 Å². The fourth-order valence-corrected chi connectivity index (χ4v) is 2.69. The number of anilines is 2. The monoisotopic (exact) mass is 333 g/mol. The summed E-state index contributed by atoms with van der Waals surface area (Å²) in [5, 5.41) is 6.93. The smallest absolute Gasteiger partial charge is 0.0577 e. The summed E-state index contributed by atoms with van der Waals surface area (Å²) >= 11 is 0. The first-order valence-corrected chi connectivity index (χ1v) is 8.45. The first-order valence-electron chi connectivity index (χ1n) is 8.45. The van der Waals surface area contributed by atoms with Crippen molar-refractivity contribution < 1.29 is 0 Å². The summed E-state index contributed by atoms with van der Waals surface area (Å²) in [6, 6.07) is 19.9. The Morgan fingerprint density at radius 1 is 0.840 bits per heavy atom. The number of nitrogens with two attached hydrogens (primary N) is 1. The maximum Gasteiger partial charge on any atom is 0.0577 e. The minimum absolute atomic E-state index is 0.117. The van der Waals surface area contributed by atoms with Crippen LogP contribution < -0.4 is 16.4 Å². The topological polar surface area (TPSA) is 75.9 Å². The van der Waals surface area contributed by atoms with Crippen LogP contribution in [0.2, 0.25) is 0 Å². The highest BCUT2D eigenvalue weighted by molar-refractivity contribution is 5.65. The van der Waals surface area contributed by atoms with Gasteiger partial charge in [0, 0.05) is 37.6 Å². The zero-order valence-corrected chi connectivity index (χ0v) is 14.1. The third kappa shape index (κ3) is 5.02. The normalized spacial score (nSPS) is 11.8. The number of nitrogen functional groups attached to an aromatic ring is 1. The second-order valence-corrected chi connectivity index (χ2v) is 5.80. The van der Waals surface area contributed by atoms with Gasteiger partial charge >= 0.3 is 0 Å². The van der Waals surface area contributed by atoms with E-state index in [1.165, 1.54) is 0 Å². The molecule has 5 nitrogen and oxygen atoms in total. The summed E-state index contributed by atoms with van der Waals surface area (Å²) in [5.41, 5.74) is 9.75. The predicted octanol–water partition coefficient (Wildman–Crippen LogP) is 3.04. The number of benzene rings is 1. The molecule has 128 valence electrons. The molecule has 0 radical (unpaired) electrons. The molecule has 3 aromatic rings. The third-order valence-corrected chi connectivity index (χ3v) is 3.98. The van der Waals surface area contributed by atoms with E-state index < -0.39 is 0 Å². The van der Waals surface area contributed by atoms with Gasteiger partial charge in [0.1, 0.15) is 0 Å². The molecular weight excluding hydrogens is 310 g/mol. The molecular formula is C20H23N5. The van der Waals surface area contributed by atoms with E-state index in [1.807, 2.05) is 73.1 Å². The minimum Gasteiger partial charge on any atom is -0.397 e. The number of pyridine rings is 2. The van der Waals surface area contributed by atoms with Crippen molar-refractivity contribution in [2.75, 3.05) is 24.1 Å². The Morgan fingerprint density at radius 3 is 2.32 bits per heavy atom. The molecule has 1 unspecified atom stereocenters. The predicted molar refractivity (Wildman–Crippen MR) is 102 cm³/mol. The van der Waals surface area contributed by atoms with Crippen molar-refractivity contribution in [2.24, 2.45) is 0 Å². The maximum atomic E-state index is 5.95. The van der Waals surface area contributed by atoms with Gasteiger partial charge < -0.3 is 16.4 Å². The zero-order chi connectivity index (χ0) is 17.3. The molecule has 2 aromatic heterocycles. The number of hydrogen-bond donors (Lipinski definition) is 3. The number of hydrogen-bond acceptors (Lipinski definition) is 5. The number of para-hydroxylation sites is 2. The summed E-state index contributed by atoms with van der Waals surface area (Å²) in [6.07, 6.45) is 4.45. The van der Waals surface area contributed by atoms with Crippen LogP contribution in [0.15, 0.2) is 73.1 Å². The van der Waals surface area contributed by atoms with Crippen LogP contribution in [-0.4, -0.2) is 23.1 Å². The van der Waals surface area contributed by atoms with Crippen molar-refractivity contribution in [1.82, 2.24) is 15.3 Å². The minimum atomic E-state index is 0.117. The molecule has 0 aliphatic rings. The highest BCUT2D eigenvalue weighted by atomic mass is 15.0. The Kier molecular flexibility index (Phi) is 5.96. The van der Waals surface area contributed by atoms with Crippen LogP contribution in [0.5, 0.6) is 0 Å². The quantitative estimate of drug-likeness (QED) is 0.436. The highest BCUT2D eigenvalue weighted by Crippen LogP contribution is 2.17. The van der Waals surface area contributed by atoms with Crippen molar-refractivity contribution in [3.63, 3.8) is 0 Å². The van der Waals surface area contributed by atoms with Gasteiger partial charge in [0.15, 0.2) is 0 Å². The standard InChI is InChI=1S/C20H23N5/c21-17-8-1-2-9-18(17)24-13-14-25-20(19-10-4-6-12-23-19)15-16-7-3-5-11-22-16/h1-12,20,24-25H,13-15,21H2. The summed E-state index contributed by atoms with van der Waals surface area (Å²) in [7, 11) is 0. The van der Waals surface area contributed by atoms with Gasteiger partial charge in [-0.3, -0.25) is 9.97 Å². The van der Waals surface area contributed by atoms with E-state index in [0.29, 0.717) is 0 Å². The van der Waals surface area contributed by atoms with Crippen LogP contribution in [0, 0.1) is 0 Å². The molecule has 3 rings (SSSR count). The SMILES string of the molecule is Nc1ccccc1NCCNC(Cc1ccccn1)c1ccccn1. The molecule has 4 N–H and O–H groups in total. The average molecular weight is 333 g/mol. The van der Waals surface area contributed by atoms with Crippen LogP contribution >= 0.6 is 0 Å². The van der Waals surface area contributed by atoms with E-state index >= 15 is 0 Å². The van der Waals surface area contributed by atoms with Crippen LogP contribution in [0.4, 0.5) is 11.4 Å². The van der Waals surface area contributed by atoms with Gasteiger partial charge in [0.05, 0.1) is 23.1 Å². The molecule has 5 heteroatoms. The second kappa shape index (κ2) is 8.80. The van der Waals surface area contributed by atoms with Gasteiger partial charge in [-0.1, -0.05) is 24.3 Å².